The maximum absolute atomic E-state index is 11.9. The lowest BCUT2D eigenvalue weighted by Crippen LogP contribution is -2.35. The number of hydrogen-bond donors (Lipinski definition) is 0. The summed E-state index contributed by atoms with van der Waals surface area (Å²) in [6.45, 7) is 10.4. The van der Waals surface area contributed by atoms with Crippen LogP contribution >= 0.6 is 11.6 Å². The van der Waals surface area contributed by atoms with Crippen LogP contribution < -0.4 is 4.74 Å². The zero-order valence-corrected chi connectivity index (χ0v) is 18.1. The first-order valence-corrected chi connectivity index (χ1v) is 9.62. The predicted octanol–water partition coefficient (Wildman–Crippen LogP) is 5.05. The molecular weight excluding hydrogens is 378 g/mol. The highest BCUT2D eigenvalue weighted by molar-refractivity contribution is 6.30. The summed E-state index contributed by atoms with van der Waals surface area (Å²) < 4.78 is 11.1. The second-order valence-corrected chi connectivity index (χ2v) is 8.04. The fraction of sp³-hybridized carbons (Fsp3) is 0.476. The van der Waals surface area contributed by atoms with Gasteiger partial charge in [0.05, 0.1) is 6.61 Å². The van der Waals surface area contributed by atoms with Gasteiger partial charge in [-0.1, -0.05) is 23.7 Å². The van der Waals surface area contributed by atoms with Gasteiger partial charge in [-0.25, -0.2) is 14.8 Å². The van der Waals surface area contributed by atoms with Crippen molar-refractivity contribution in [3.05, 3.63) is 40.7 Å². The van der Waals surface area contributed by atoms with Gasteiger partial charge >= 0.3 is 6.09 Å². The molecule has 28 heavy (non-hydrogen) atoms. The van der Waals surface area contributed by atoms with Crippen LogP contribution in [0.15, 0.2) is 24.3 Å². The van der Waals surface area contributed by atoms with E-state index in [1.807, 2.05) is 58.9 Å². The highest BCUT2D eigenvalue weighted by Crippen LogP contribution is 2.24. The predicted molar refractivity (Wildman–Crippen MR) is 111 cm³/mol. The van der Waals surface area contributed by atoms with E-state index < -0.39 is 5.60 Å². The van der Waals surface area contributed by atoms with E-state index in [1.165, 1.54) is 0 Å². The van der Waals surface area contributed by atoms with Gasteiger partial charge in [-0.05, 0) is 53.2 Å². The fourth-order valence-corrected chi connectivity index (χ4v) is 2.59. The molecular formula is C21H28ClN3O3. The number of ether oxygens (including phenoxy) is 2. The number of hydrogen-bond acceptors (Lipinski definition) is 5. The molecule has 2 rings (SSSR count). The Morgan fingerprint density at radius 3 is 2.57 bits per heavy atom. The van der Waals surface area contributed by atoms with E-state index in [0.29, 0.717) is 30.5 Å². The van der Waals surface area contributed by atoms with Gasteiger partial charge < -0.3 is 14.4 Å². The van der Waals surface area contributed by atoms with E-state index in [4.69, 9.17) is 21.1 Å². The van der Waals surface area contributed by atoms with E-state index >= 15 is 0 Å². The molecule has 0 spiro atoms. The zero-order valence-electron chi connectivity index (χ0n) is 17.4. The standard InChI is InChI=1S/C21H28ClN3O3/c1-14-15(2)23-19(24-18(14)22)16-9-7-10-17(13-16)27-12-8-11-25(6)20(26)28-21(3,4)5/h7,9-10,13H,8,11-12H2,1-6H3. The Morgan fingerprint density at radius 2 is 1.93 bits per heavy atom. The molecule has 0 fully saturated rings. The van der Waals surface area contributed by atoms with Crippen molar-refractivity contribution in [1.29, 1.82) is 0 Å². The number of rotatable bonds is 6. The van der Waals surface area contributed by atoms with Crippen LogP contribution in [0.25, 0.3) is 11.4 Å². The third-order valence-electron chi connectivity index (χ3n) is 4.03. The van der Waals surface area contributed by atoms with Crippen LogP contribution in [0.5, 0.6) is 5.75 Å². The van der Waals surface area contributed by atoms with Crippen molar-refractivity contribution in [2.24, 2.45) is 0 Å². The first-order valence-electron chi connectivity index (χ1n) is 9.25. The summed E-state index contributed by atoms with van der Waals surface area (Å²) in [5, 5.41) is 0.457. The van der Waals surface area contributed by atoms with Gasteiger partial charge in [0.2, 0.25) is 0 Å². The maximum atomic E-state index is 11.9. The molecule has 0 aliphatic carbocycles. The molecule has 0 saturated heterocycles. The molecule has 1 heterocycles. The number of aryl methyl sites for hydroxylation is 1. The summed E-state index contributed by atoms with van der Waals surface area (Å²) in [6, 6.07) is 7.58. The van der Waals surface area contributed by atoms with E-state index in [9.17, 15) is 4.79 Å². The molecule has 0 N–H and O–H groups in total. The van der Waals surface area contributed by atoms with Gasteiger partial charge in [-0.3, -0.25) is 0 Å². The number of nitrogens with zero attached hydrogens (tertiary/aromatic N) is 3. The average molecular weight is 406 g/mol. The monoisotopic (exact) mass is 405 g/mol. The molecule has 1 amide bonds. The minimum atomic E-state index is -0.498. The topological polar surface area (TPSA) is 64.5 Å². The van der Waals surface area contributed by atoms with E-state index in [-0.39, 0.29) is 6.09 Å². The number of carbonyl (C=O) groups is 1. The average Bonchev–Trinajstić information content (AvgIpc) is 2.61. The van der Waals surface area contributed by atoms with Gasteiger partial charge in [-0.2, -0.15) is 0 Å². The third kappa shape index (κ3) is 6.37. The molecule has 7 heteroatoms. The van der Waals surface area contributed by atoms with Crippen LogP contribution in [0.1, 0.15) is 38.4 Å². The highest BCUT2D eigenvalue weighted by Gasteiger charge is 2.19. The zero-order chi connectivity index (χ0) is 20.9. The van der Waals surface area contributed by atoms with Crippen molar-refractivity contribution in [2.45, 2.75) is 46.6 Å². The molecule has 0 bridgehead atoms. The number of aromatic nitrogens is 2. The summed E-state index contributed by atoms with van der Waals surface area (Å²) >= 11 is 6.18. The first-order chi connectivity index (χ1) is 13.1. The van der Waals surface area contributed by atoms with Crippen molar-refractivity contribution in [3.8, 4) is 17.1 Å². The van der Waals surface area contributed by atoms with Gasteiger partial charge in [0, 0.05) is 30.4 Å². The van der Waals surface area contributed by atoms with Crippen LogP contribution in [-0.4, -0.2) is 46.8 Å². The summed E-state index contributed by atoms with van der Waals surface area (Å²) in [6.07, 6.45) is 0.352. The summed E-state index contributed by atoms with van der Waals surface area (Å²) in [5.74, 6) is 1.29. The van der Waals surface area contributed by atoms with Gasteiger partial charge in [0.15, 0.2) is 5.82 Å². The molecule has 0 unspecified atom stereocenters. The first kappa shape index (κ1) is 22.0. The lowest BCUT2D eigenvalue weighted by atomic mass is 10.2. The van der Waals surface area contributed by atoms with Gasteiger partial charge in [0.1, 0.15) is 16.5 Å². The molecule has 0 aliphatic rings. The lowest BCUT2D eigenvalue weighted by Gasteiger charge is -2.24. The second kappa shape index (κ2) is 9.24. The molecule has 0 atom stereocenters. The molecule has 0 aliphatic heterocycles. The Bertz CT molecular complexity index is 811. The van der Waals surface area contributed by atoms with Crippen molar-refractivity contribution in [3.63, 3.8) is 0 Å². The minimum absolute atomic E-state index is 0.335. The van der Waals surface area contributed by atoms with Gasteiger partial charge in [-0.15, -0.1) is 0 Å². The Morgan fingerprint density at radius 1 is 1.21 bits per heavy atom. The maximum Gasteiger partial charge on any atom is 0.410 e. The molecule has 6 nitrogen and oxygen atoms in total. The SMILES string of the molecule is Cc1nc(-c2cccc(OCCCN(C)C(=O)OC(C)(C)C)c2)nc(Cl)c1C. The van der Waals surface area contributed by atoms with Gasteiger partial charge in [0.25, 0.3) is 0 Å². The van der Waals surface area contributed by atoms with E-state index in [1.54, 1.807) is 11.9 Å². The quantitative estimate of drug-likeness (QED) is 0.497. The fourth-order valence-electron chi connectivity index (χ4n) is 2.37. The van der Waals surface area contributed by atoms with E-state index in [2.05, 4.69) is 9.97 Å². The summed E-state index contributed by atoms with van der Waals surface area (Å²) in [4.78, 5) is 22.4. The number of benzene rings is 1. The Balaban J connectivity index is 1.91. The second-order valence-electron chi connectivity index (χ2n) is 7.68. The van der Waals surface area contributed by atoms with Crippen LogP contribution in [0, 0.1) is 13.8 Å². The number of carbonyl (C=O) groups excluding carboxylic acids is 1. The molecule has 1 aromatic heterocycles. The smallest absolute Gasteiger partial charge is 0.410 e. The molecule has 152 valence electrons. The minimum Gasteiger partial charge on any atom is -0.494 e. The van der Waals surface area contributed by atoms with E-state index in [0.717, 1.165) is 22.6 Å². The highest BCUT2D eigenvalue weighted by atomic mass is 35.5. The largest absolute Gasteiger partial charge is 0.494 e. The van der Waals surface area contributed by atoms with Crippen LogP contribution in [0.2, 0.25) is 5.15 Å². The molecule has 0 radical (unpaired) electrons. The summed E-state index contributed by atoms with van der Waals surface area (Å²) in [7, 11) is 1.72. The van der Waals surface area contributed by atoms with Crippen molar-refractivity contribution < 1.29 is 14.3 Å². The van der Waals surface area contributed by atoms with Crippen molar-refractivity contribution in [2.75, 3.05) is 20.2 Å². The van der Waals surface area contributed by atoms with Crippen molar-refractivity contribution in [1.82, 2.24) is 14.9 Å². The van der Waals surface area contributed by atoms with Crippen molar-refractivity contribution >= 4 is 17.7 Å². The van der Waals surface area contributed by atoms with Crippen LogP contribution in [-0.2, 0) is 4.74 Å². The lowest BCUT2D eigenvalue weighted by molar-refractivity contribution is 0.0292. The van der Waals surface area contributed by atoms with Crippen LogP contribution in [0.3, 0.4) is 0 Å². The Labute approximate surface area is 171 Å². The molecule has 1 aromatic carbocycles. The molecule has 2 aromatic rings. The third-order valence-corrected chi connectivity index (χ3v) is 4.40. The number of amides is 1. The summed E-state index contributed by atoms with van der Waals surface area (Å²) in [5.41, 5.74) is 2.08. The Kier molecular flexibility index (Phi) is 7.24. The van der Waals surface area contributed by atoms with Crippen LogP contribution in [0.4, 0.5) is 4.79 Å². The molecule has 0 saturated carbocycles. The number of halogens is 1. The normalized spacial score (nSPS) is 11.2. The Hall–Kier alpha value is -2.34.